The molecule has 4 heterocycles. The molecule has 1 aliphatic heterocycles. The number of benzene rings is 1. The first kappa shape index (κ1) is 21.7. The van der Waals surface area contributed by atoms with Crippen LogP contribution in [0.25, 0.3) is 10.4 Å². The van der Waals surface area contributed by atoms with Gasteiger partial charge in [-0.05, 0) is 42.0 Å². The lowest BCUT2D eigenvalue weighted by Gasteiger charge is -2.28. The number of rotatable bonds is 5. The summed E-state index contributed by atoms with van der Waals surface area (Å²) in [7, 11) is 0. The van der Waals surface area contributed by atoms with E-state index in [4.69, 9.17) is 16.6 Å². The van der Waals surface area contributed by atoms with Crippen molar-refractivity contribution in [2.45, 2.75) is 37.6 Å². The minimum Gasteiger partial charge on any atom is -0.337 e. The van der Waals surface area contributed by atoms with E-state index in [0.29, 0.717) is 30.1 Å². The highest BCUT2D eigenvalue weighted by molar-refractivity contribution is 7.14. The zero-order chi connectivity index (χ0) is 23.3. The third-order valence-electron chi connectivity index (χ3n) is 6.66. The van der Waals surface area contributed by atoms with Crippen LogP contribution in [-0.4, -0.2) is 32.3 Å². The summed E-state index contributed by atoms with van der Waals surface area (Å²) in [5, 5.41) is 2.77. The molecule has 1 aliphatic carbocycles. The number of halogens is 1. The molecule has 9 heteroatoms. The smallest absolute Gasteiger partial charge is 0.256 e. The Kier molecular flexibility index (Phi) is 5.39. The third-order valence-corrected chi connectivity index (χ3v) is 8.85. The first-order valence-corrected chi connectivity index (χ1v) is 13.3. The number of nitrogens with one attached hydrogen (secondary N) is 1. The summed E-state index contributed by atoms with van der Waals surface area (Å²) in [4.78, 5) is 42.3. The number of hydrogen-bond donors (Lipinski definition) is 1. The summed E-state index contributed by atoms with van der Waals surface area (Å²) in [6.07, 6.45) is 4.68. The molecule has 6 rings (SSSR count). The van der Waals surface area contributed by atoms with Crippen molar-refractivity contribution in [2.24, 2.45) is 0 Å². The van der Waals surface area contributed by atoms with E-state index >= 15 is 0 Å². The van der Waals surface area contributed by atoms with Crippen molar-refractivity contribution >= 4 is 40.2 Å². The highest BCUT2D eigenvalue weighted by Crippen LogP contribution is 2.54. The van der Waals surface area contributed by atoms with Gasteiger partial charge < -0.3 is 9.88 Å². The number of aromatic amines is 1. The maximum atomic E-state index is 13.1. The minimum absolute atomic E-state index is 0.00996. The fraction of sp³-hybridized carbons (Fsp3) is 0.280. The number of carbonyl (C=O) groups excluding carboxylic acids is 1. The first-order chi connectivity index (χ1) is 16.5. The topological polar surface area (TPSA) is 79.0 Å². The van der Waals surface area contributed by atoms with Gasteiger partial charge in [-0.15, -0.1) is 22.7 Å². The molecule has 0 atom stereocenters. The number of hydrogen-bond acceptors (Lipinski definition) is 6. The maximum Gasteiger partial charge on any atom is 0.256 e. The minimum atomic E-state index is -0.207. The van der Waals surface area contributed by atoms with E-state index in [2.05, 4.69) is 21.4 Å². The summed E-state index contributed by atoms with van der Waals surface area (Å²) < 4.78 is 0. The molecule has 0 unspecified atom stereocenters. The predicted molar refractivity (Wildman–Crippen MR) is 135 cm³/mol. The predicted octanol–water partition coefficient (Wildman–Crippen LogP) is 4.82. The molecule has 0 radical (unpaired) electrons. The van der Waals surface area contributed by atoms with E-state index in [1.165, 1.54) is 10.4 Å². The summed E-state index contributed by atoms with van der Waals surface area (Å²) in [6.45, 7) is 0.850. The monoisotopic (exact) mass is 508 g/mol. The van der Waals surface area contributed by atoms with Crippen LogP contribution in [0.5, 0.6) is 0 Å². The van der Waals surface area contributed by atoms with Crippen molar-refractivity contribution in [3.8, 4) is 10.4 Å². The Labute approximate surface area is 209 Å². The molecule has 1 amide bonds. The van der Waals surface area contributed by atoms with Crippen molar-refractivity contribution in [1.82, 2.24) is 19.9 Å². The molecule has 4 aromatic rings. The van der Waals surface area contributed by atoms with Crippen LogP contribution < -0.4 is 5.56 Å². The second-order valence-electron chi connectivity index (χ2n) is 8.86. The van der Waals surface area contributed by atoms with E-state index in [9.17, 15) is 9.59 Å². The van der Waals surface area contributed by atoms with Gasteiger partial charge in [0.1, 0.15) is 5.82 Å². The molecule has 1 saturated carbocycles. The number of thiazole rings is 1. The Hall–Kier alpha value is -2.81. The van der Waals surface area contributed by atoms with Crippen molar-refractivity contribution in [2.75, 3.05) is 6.54 Å². The van der Waals surface area contributed by atoms with Crippen LogP contribution in [0, 0.1) is 0 Å². The van der Waals surface area contributed by atoms with E-state index in [-0.39, 0.29) is 23.3 Å². The second-order valence-corrected chi connectivity index (χ2v) is 11.1. The zero-order valence-corrected chi connectivity index (χ0v) is 20.6. The van der Waals surface area contributed by atoms with Crippen LogP contribution in [0.4, 0.5) is 0 Å². The lowest BCUT2D eigenvalue weighted by atomic mass is 10.0. The number of fused-ring (bicyclic) bond motifs is 1. The van der Waals surface area contributed by atoms with Gasteiger partial charge in [0, 0.05) is 34.6 Å². The van der Waals surface area contributed by atoms with Gasteiger partial charge in [-0.3, -0.25) is 14.6 Å². The molecule has 0 bridgehead atoms. The Balaban J connectivity index is 1.24. The van der Waals surface area contributed by atoms with Crippen molar-refractivity contribution in [3.63, 3.8) is 0 Å². The van der Waals surface area contributed by atoms with Gasteiger partial charge in [-0.1, -0.05) is 23.7 Å². The van der Waals surface area contributed by atoms with E-state index in [1.807, 2.05) is 23.8 Å². The standard InChI is InChI=1S/C25H21ClN4O2S2/c26-17-3-1-2-15(8-17)9-22(31)30-7-4-19-18(12-30)23(32)29-24(28-19)25(5-6-25)21-10-16(13-33-21)20-11-27-14-34-20/h1-3,8,10-11,13-14H,4-7,9,12H2,(H,28,29,32). The summed E-state index contributed by atoms with van der Waals surface area (Å²) in [5.41, 5.74) is 4.95. The number of carbonyl (C=O) groups is 1. The van der Waals surface area contributed by atoms with Gasteiger partial charge in [0.2, 0.25) is 5.91 Å². The molecule has 0 spiro atoms. The normalized spacial score (nSPS) is 16.3. The van der Waals surface area contributed by atoms with Gasteiger partial charge in [-0.25, -0.2) is 4.98 Å². The van der Waals surface area contributed by atoms with Crippen LogP contribution in [0.2, 0.25) is 5.02 Å². The molecule has 3 aromatic heterocycles. The number of thiophene rings is 1. The highest BCUT2D eigenvalue weighted by atomic mass is 35.5. The highest BCUT2D eigenvalue weighted by Gasteiger charge is 2.50. The fourth-order valence-electron chi connectivity index (χ4n) is 4.60. The summed E-state index contributed by atoms with van der Waals surface area (Å²) in [6, 6.07) is 9.54. The largest absolute Gasteiger partial charge is 0.337 e. The lowest BCUT2D eigenvalue weighted by molar-refractivity contribution is -0.131. The fourth-order valence-corrected chi connectivity index (χ4v) is 6.67. The maximum absolute atomic E-state index is 13.1. The van der Waals surface area contributed by atoms with E-state index < -0.39 is 0 Å². The molecule has 1 fully saturated rings. The molecular formula is C25H21ClN4O2S2. The van der Waals surface area contributed by atoms with Gasteiger partial charge in [-0.2, -0.15) is 0 Å². The Morgan fingerprint density at radius 1 is 1.24 bits per heavy atom. The number of amides is 1. The average molecular weight is 509 g/mol. The summed E-state index contributed by atoms with van der Waals surface area (Å²) >= 11 is 9.39. The van der Waals surface area contributed by atoms with Crippen LogP contribution >= 0.6 is 34.3 Å². The van der Waals surface area contributed by atoms with Gasteiger partial charge >= 0.3 is 0 Å². The van der Waals surface area contributed by atoms with E-state index in [0.717, 1.165) is 34.8 Å². The number of nitrogens with zero attached hydrogens (tertiary/aromatic N) is 3. The SMILES string of the molecule is O=C(Cc1cccc(Cl)c1)N1CCc2nc(C3(c4cc(-c5cncs5)cs4)CC3)[nH]c(=O)c2C1. The molecule has 6 nitrogen and oxygen atoms in total. The Morgan fingerprint density at radius 3 is 2.88 bits per heavy atom. The zero-order valence-electron chi connectivity index (χ0n) is 18.2. The van der Waals surface area contributed by atoms with Crippen LogP contribution in [0.15, 0.2) is 52.2 Å². The summed E-state index contributed by atoms with van der Waals surface area (Å²) in [5.74, 6) is 0.747. The van der Waals surface area contributed by atoms with Crippen molar-refractivity contribution in [1.29, 1.82) is 0 Å². The van der Waals surface area contributed by atoms with E-state index in [1.54, 1.807) is 39.7 Å². The van der Waals surface area contributed by atoms with Gasteiger partial charge in [0.15, 0.2) is 0 Å². The Bertz CT molecular complexity index is 1440. The van der Waals surface area contributed by atoms with Gasteiger partial charge in [0.25, 0.3) is 5.56 Å². The number of aromatic nitrogens is 3. The van der Waals surface area contributed by atoms with Crippen LogP contribution in [0.3, 0.4) is 0 Å². The molecule has 1 aromatic carbocycles. The average Bonchev–Trinajstić information content (AvgIpc) is 3.21. The number of H-pyrrole nitrogens is 1. The van der Waals surface area contributed by atoms with Crippen molar-refractivity contribution in [3.05, 3.63) is 90.3 Å². The van der Waals surface area contributed by atoms with Crippen molar-refractivity contribution < 1.29 is 4.79 Å². The Morgan fingerprint density at radius 2 is 2.12 bits per heavy atom. The molecule has 172 valence electrons. The molecule has 0 saturated heterocycles. The molecule has 1 N–H and O–H groups in total. The van der Waals surface area contributed by atoms with Crippen LogP contribution in [-0.2, 0) is 29.6 Å². The van der Waals surface area contributed by atoms with Gasteiger partial charge in [0.05, 0.1) is 40.0 Å². The second kappa shape index (κ2) is 8.45. The van der Waals surface area contributed by atoms with Crippen LogP contribution in [0.1, 0.15) is 40.4 Å². The molecular weight excluding hydrogens is 488 g/mol. The lowest BCUT2D eigenvalue weighted by Crippen LogP contribution is -2.41. The third kappa shape index (κ3) is 3.89. The quantitative estimate of drug-likeness (QED) is 0.419. The first-order valence-electron chi connectivity index (χ1n) is 11.1. The molecule has 2 aliphatic rings. The molecule has 34 heavy (non-hydrogen) atoms.